The van der Waals surface area contributed by atoms with E-state index in [-0.39, 0.29) is 24.0 Å². The van der Waals surface area contributed by atoms with Gasteiger partial charge in [0.15, 0.2) is 5.96 Å². The van der Waals surface area contributed by atoms with Crippen LogP contribution < -0.4 is 10.6 Å². The SMILES string of the molecule is CCOCc1ccc(CNC(=NC)NCc2ccnn2C)cc1.I. The van der Waals surface area contributed by atoms with Crippen molar-refractivity contribution in [2.45, 2.75) is 26.6 Å². The van der Waals surface area contributed by atoms with Gasteiger partial charge in [-0.1, -0.05) is 24.3 Å². The minimum atomic E-state index is 0. The second-order valence-corrected chi connectivity index (χ2v) is 5.18. The van der Waals surface area contributed by atoms with Crippen LogP contribution in [0.5, 0.6) is 0 Å². The fourth-order valence-corrected chi connectivity index (χ4v) is 2.13. The van der Waals surface area contributed by atoms with Crippen LogP contribution in [-0.4, -0.2) is 29.4 Å². The number of hydrogen-bond acceptors (Lipinski definition) is 3. The summed E-state index contributed by atoms with van der Waals surface area (Å²) in [6.45, 7) is 4.81. The molecule has 0 saturated heterocycles. The minimum absolute atomic E-state index is 0. The summed E-state index contributed by atoms with van der Waals surface area (Å²) in [6.07, 6.45) is 1.79. The van der Waals surface area contributed by atoms with Gasteiger partial charge in [0.25, 0.3) is 0 Å². The molecule has 1 aromatic carbocycles. The molecular weight excluding hydrogens is 417 g/mol. The van der Waals surface area contributed by atoms with E-state index in [4.69, 9.17) is 4.74 Å². The first kappa shape index (κ1) is 20.4. The molecule has 0 saturated carbocycles. The molecule has 0 aliphatic rings. The Hall–Kier alpha value is -1.61. The van der Waals surface area contributed by atoms with Crippen molar-refractivity contribution in [3.8, 4) is 0 Å². The highest BCUT2D eigenvalue weighted by molar-refractivity contribution is 14.0. The summed E-state index contributed by atoms with van der Waals surface area (Å²) in [7, 11) is 3.70. The van der Waals surface area contributed by atoms with Gasteiger partial charge < -0.3 is 15.4 Å². The molecule has 132 valence electrons. The number of aromatic nitrogens is 2. The van der Waals surface area contributed by atoms with Gasteiger partial charge in [0.1, 0.15) is 0 Å². The normalized spacial score (nSPS) is 11.0. The number of halogens is 1. The maximum Gasteiger partial charge on any atom is 0.191 e. The van der Waals surface area contributed by atoms with Gasteiger partial charge in [0, 0.05) is 33.4 Å². The van der Waals surface area contributed by atoms with Gasteiger partial charge >= 0.3 is 0 Å². The Kier molecular flexibility index (Phi) is 9.39. The molecule has 7 heteroatoms. The molecular formula is C17H26IN5O. The van der Waals surface area contributed by atoms with Gasteiger partial charge in [-0.25, -0.2) is 0 Å². The summed E-state index contributed by atoms with van der Waals surface area (Å²) >= 11 is 0. The zero-order valence-corrected chi connectivity index (χ0v) is 16.8. The quantitative estimate of drug-likeness (QED) is 0.392. The van der Waals surface area contributed by atoms with Crippen LogP contribution in [0.3, 0.4) is 0 Å². The Morgan fingerprint density at radius 1 is 1.12 bits per heavy atom. The Morgan fingerprint density at radius 3 is 2.38 bits per heavy atom. The van der Waals surface area contributed by atoms with Gasteiger partial charge in [0.05, 0.1) is 18.8 Å². The second kappa shape index (κ2) is 11.0. The van der Waals surface area contributed by atoms with E-state index in [2.05, 4.69) is 45.0 Å². The van der Waals surface area contributed by atoms with Crippen molar-refractivity contribution in [1.29, 1.82) is 0 Å². The fourth-order valence-electron chi connectivity index (χ4n) is 2.13. The number of ether oxygens (including phenoxy) is 1. The van der Waals surface area contributed by atoms with E-state index in [1.807, 2.05) is 24.7 Å². The smallest absolute Gasteiger partial charge is 0.191 e. The summed E-state index contributed by atoms with van der Waals surface area (Å²) in [5, 5.41) is 10.7. The van der Waals surface area contributed by atoms with Crippen LogP contribution >= 0.6 is 24.0 Å². The third kappa shape index (κ3) is 6.48. The average molecular weight is 443 g/mol. The molecule has 2 rings (SSSR count). The maximum absolute atomic E-state index is 5.40. The van der Waals surface area contributed by atoms with E-state index in [0.717, 1.165) is 24.8 Å². The maximum atomic E-state index is 5.40. The van der Waals surface area contributed by atoms with Crippen LogP contribution in [0.15, 0.2) is 41.5 Å². The molecule has 6 nitrogen and oxygen atoms in total. The predicted octanol–water partition coefficient (Wildman–Crippen LogP) is 2.44. The summed E-state index contributed by atoms with van der Waals surface area (Å²) in [4.78, 5) is 4.24. The first-order valence-corrected chi connectivity index (χ1v) is 7.80. The number of aryl methyl sites for hydroxylation is 1. The highest BCUT2D eigenvalue weighted by Crippen LogP contribution is 2.05. The van der Waals surface area contributed by atoms with Crippen LogP contribution in [0, 0.1) is 0 Å². The van der Waals surface area contributed by atoms with Crippen LogP contribution in [-0.2, 0) is 31.5 Å². The molecule has 0 atom stereocenters. The van der Waals surface area contributed by atoms with E-state index >= 15 is 0 Å². The molecule has 1 heterocycles. The van der Waals surface area contributed by atoms with Gasteiger partial charge in [-0.3, -0.25) is 9.67 Å². The zero-order chi connectivity index (χ0) is 16.5. The summed E-state index contributed by atoms with van der Waals surface area (Å²) in [5.74, 6) is 0.768. The third-order valence-corrected chi connectivity index (χ3v) is 3.54. The molecule has 24 heavy (non-hydrogen) atoms. The van der Waals surface area contributed by atoms with E-state index in [1.165, 1.54) is 11.1 Å². The molecule has 0 aliphatic carbocycles. The van der Waals surface area contributed by atoms with Crippen molar-refractivity contribution >= 4 is 29.9 Å². The topological polar surface area (TPSA) is 63.5 Å². The van der Waals surface area contributed by atoms with Crippen molar-refractivity contribution in [2.75, 3.05) is 13.7 Å². The van der Waals surface area contributed by atoms with Crippen LogP contribution in [0.2, 0.25) is 0 Å². The van der Waals surface area contributed by atoms with Crippen molar-refractivity contribution in [3.05, 3.63) is 53.3 Å². The lowest BCUT2D eigenvalue weighted by atomic mass is 10.1. The highest BCUT2D eigenvalue weighted by Gasteiger charge is 2.02. The number of rotatable bonds is 7. The third-order valence-electron chi connectivity index (χ3n) is 3.54. The molecule has 0 bridgehead atoms. The fraction of sp³-hybridized carbons (Fsp3) is 0.412. The van der Waals surface area contributed by atoms with E-state index in [0.29, 0.717) is 13.2 Å². The summed E-state index contributed by atoms with van der Waals surface area (Å²) in [6, 6.07) is 10.4. The van der Waals surface area contributed by atoms with Crippen LogP contribution in [0.25, 0.3) is 0 Å². The van der Waals surface area contributed by atoms with Crippen molar-refractivity contribution < 1.29 is 4.74 Å². The lowest BCUT2D eigenvalue weighted by Crippen LogP contribution is -2.36. The number of guanidine groups is 1. The molecule has 2 aromatic rings. The van der Waals surface area contributed by atoms with E-state index in [9.17, 15) is 0 Å². The molecule has 0 amide bonds. The van der Waals surface area contributed by atoms with Crippen molar-refractivity contribution in [3.63, 3.8) is 0 Å². The predicted molar refractivity (Wildman–Crippen MR) is 107 cm³/mol. The number of nitrogens with one attached hydrogen (secondary N) is 2. The van der Waals surface area contributed by atoms with Crippen LogP contribution in [0.1, 0.15) is 23.7 Å². The Morgan fingerprint density at radius 2 is 1.79 bits per heavy atom. The molecule has 0 radical (unpaired) electrons. The number of benzene rings is 1. The van der Waals surface area contributed by atoms with Gasteiger partial charge in [0.2, 0.25) is 0 Å². The second-order valence-electron chi connectivity index (χ2n) is 5.18. The first-order valence-electron chi connectivity index (χ1n) is 7.80. The Balaban J connectivity index is 0.00000288. The molecule has 0 spiro atoms. The van der Waals surface area contributed by atoms with E-state index in [1.54, 1.807) is 13.2 Å². The molecule has 0 fully saturated rings. The van der Waals surface area contributed by atoms with E-state index < -0.39 is 0 Å². The monoisotopic (exact) mass is 443 g/mol. The standard InChI is InChI=1S/C17H25N5O.HI/c1-4-23-13-15-7-5-14(6-8-15)11-19-17(18-2)20-12-16-9-10-21-22(16)3;/h5-10H,4,11-13H2,1-3H3,(H2,18,19,20);1H. The zero-order valence-electron chi connectivity index (χ0n) is 14.5. The number of aliphatic imine (C=N–C) groups is 1. The largest absolute Gasteiger partial charge is 0.377 e. The Bertz CT molecular complexity index is 624. The summed E-state index contributed by atoms with van der Waals surface area (Å²) < 4.78 is 7.24. The lowest BCUT2D eigenvalue weighted by molar-refractivity contribution is 0.134. The number of nitrogens with zero attached hydrogens (tertiary/aromatic N) is 3. The summed E-state index contributed by atoms with van der Waals surface area (Å²) in [5.41, 5.74) is 3.50. The van der Waals surface area contributed by atoms with Gasteiger partial charge in [-0.2, -0.15) is 5.10 Å². The van der Waals surface area contributed by atoms with Crippen LogP contribution in [0.4, 0.5) is 0 Å². The minimum Gasteiger partial charge on any atom is -0.377 e. The Labute approximate surface area is 160 Å². The van der Waals surface area contributed by atoms with Gasteiger partial charge in [-0.05, 0) is 24.1 Å². The molecule has 2 N–H and O–H groups in total. The van der Waals surface area contributed by atoms with Crippen molar-refractivity contribution in [2.24, 2.45) is 12.0 Å². The van der Waals surface area contributed by atoms with Crippen molar-refractivity contribution in [1.82, 2.24) is 20.4 Å². The number of hydrogen-bond donors (Lipinski definition) is 2. The first-order chi connectivity index (χ1) is 11.2. The average Bonchev–Trinajstić information content (AvgIpc) is 2.99. The lowest BCUT2D eigenvalue weighted by Gasteiger charge is -2.12. The highest BCUT2D eigenvalue weighted by atomic mass is 127. The molecule has 1 aromatic heterocycles. The molecule has 0 aliphatic heterocycles. The van der Waals surface area contributed by atoms with Gasteiger partial charge in [-0.15, -0.1) is 24.0 Å². The molecule has 0 unspecified atom stereocenters.